The summed E-state index contributed by atoms with van der Waals surface area (Å²) >= 11 is 0. The Hall–Kier alpha value is -0.0800. The summed E-state index contributed by atoms with van der Waals surface area (Å²) in [5.41, 5.74) is 4.50. The molecule has 38 valence electrons. The van der Waals surface area contributed by atoms with Gasteiger partial charge in [-0.2, -0.15) is 0 Å². The third kappa shape index (κ3) is 3.92. The highest BCUT2D eigenvalue weighted by atomic mass is 16.6. The van der Waals surface area contributed by atoms with E-state index < -0.39 is 0 Å². The molecule has 0 amide bonds. The van der Waals surface area contributed by atoms with Crippen molar-refractivity contribution in [2.24, 2.45) is 5.73 Å². The van der Waals surface area contributed by atoms with Gasteiger partial charge in [0, 0.05) is 0 Å². The Kier molecular flexibility index (Phi) is 3.08. The summed E-state index contributed by atoms with van der Waals surface area (Å²) in [7, 11) is 1.50. The van der Waals surface area contributed by atoms with E-state index in [1.54, 1.807) is 0 Å². The molecule has 2 heteroatoms. The highest BCUT2D eigenvalue weighted by molar-refractivity contribution is 4.58. The lowest BCUT2D eigenvalue weighted by Gasteiger charge is -1.50. The van der Waals surface area contributed by atoms with Crippen molar-refractivity contribution in [1.29, 1.82) is 0 Å². The average molecular weight is 89.1 g/mol. The number of ether oxygens (including phenoxy) is 1. The van der Waals surface area contributed by atoms with Gasteiger partial charge in [0.2, 0.25) is 0 Å². The fourth-order valence-corrected chi connectivity index (χ4v) is 0.0962. The number of nitrogens with two attached hydrogens (primary N) is 1. The molecule has 1 unspecified atom stereocenters. The molecule has 1 atom stereocenters. The van der Waals surface area contributed by atoms with E-state index in [0.717, 1.165) is 6.61 Å². The van der Waals surface area contributed by atoms with Gasteiger partial charge in [-0.15, -0.1) is 0 Å². The summed E-state index contributed by atoms with van der Waals surface area (Å²) in [4.78, 5) is 0. The maximum absolute atomic E-state index is 4.71. The van der Waals surface area contributed by atoms with Gasteiger partial charge < -0.3 is 10.5 Å². The van der Waals surface area contributed by atoms with Crippen LogP contribution in [-0.4, -0.2) is 19.8 Å². The number of hydrogen-bond donors (Lipinski definition) is 1. The normalized spacial score (nSPS) is 27.5. The standard InChI is InChI=1S/C3H6O.CH5N/c1-3-2-4-3;1-2/h3H,2H2,1H3;2H2,1H3. The third-order valence-electron chi connectivity index (χ3n) is 0.500. The molecule has 1 fully saturated rings. The number of epoxide rings is 1. The van der Waals surface area contributed by atoms with Crippen LogP contribution >= 0.6 is 0 Å². The molecule has 0 spiro atoms. The van der Waals surface area contributed by atoms with Gasteiger partial charge in [-0.3, -0.25) is 0 Å². The Bertz CT molecular complexity index is 26.7. The zero-order valence-electron chi connectivity index (χ0n) is 4.27. The Morgan fingerprint density at radius 2 is 1.83 bits per heavy atom. The van der Waals surface area contributed by atoms with E-state index in [9.17, 15) is 0 Å². The van der Waals surface area contributed by atoms with Crippen LogP contribution in [0.2, 0.25) is 0 Å². The minimum absolute atomic E-state index is 0.583. The van der Waals surface area contributed by atoms with E-state index in [1.807, 2.05) is 0 Å². The van der Waals surface area contributed by atoms with E-state index in [4.69, 9.17) is 4.74 Å². The summed E-state index contributed by atoms with van der Waals surface area (Å²) in [6.45, 7) is 3.04. The molecule has 1 rings (SSSR count). The predicted octanol–water partition coefficient (Wildman–Crippen LogP) is -0.0200. The van der Waals surface area contributed by atoms with E-state index in [0.29, 0.717) is 6.10 Å². The second-order valence-corrected chi connectivity index (χ2v) is 1.14. The number of rotatable bonds is 0. The lowest BCUT2D eigenvalue weighted by molar-refractivity contribution is 0.423. The van der Waals surface area contributed by atoms with Gasteiger partial charge in [-0.1, -0.05) is 0 Å². The van der Waals surface area contributed by atoms with Crippen molar-refractivity contribution < 1.29 is 4.74 Å². The van der Waals surface area contributed by atoms with Crippen LogP contribution in [0.4, 0.5) is 0 Å². The molecule has 0 aliphatic carbocycles. The van der Waals surface area contributed by atoms with Gasteiger partial charge in [-0.25, -0.2) is 0 Å². The highest BCUT2D eigenvalue weighted by Gasteiger charge is 2.13. The smallest absolute Gasteiger partial charge is 0.0781 e. The maximum atomic E-state index is 4.71. The lowest BCUT2D eigenvalue weighted by atomic mass is 10.6. The summed E-state index contributed by atoms with van der Waals surface area (Å²) in [6, 6.07) is 0. The van der Waals surface area contributed by atoms with Crippen molar-refractivity contribution >= 4 is 0 Å². The molecular formula is C4H11NO. The van der Waals surface area contributed by atoms with Crippen molar-refractivity contribution in [3.05, 3.63) is 0 Å². The Morgan fingerprint density at radius 3 is 1.83 bits per heavy atom. The first-order valence-electron chi connectivity index (χ1n) is 2.09. The van der Waals surface area contributed by atoms with Gasteiger partial charge in [0.25, 0.3) is 0 Å². The Morgan fingerprint density at radius 1 is 1.67 bits per heavy atom. The first-order chi connectivity index (χ1) is 2.89. The zero-order chi connectivity index (χ0) is 4.99. The molecule has 0 aromatic carbocycles. The van der Waals surface area contributed by atoms with E-state index in [-0.39, 0.29) is 0 Å². The third-order valence-corrected chi connectivity index (χ3v) is 0.500. The topological polar surface area (TPSA) is 38.5 Å². The van der Waals surface area contributed by atoms with Crippen LogP contribution in [0.15, 0.2) is 0 Å². The van der Waals surface area contributed by atoms with Crippen LogP contribution in [0.3, 0.4) is 0 Å². The van der Waals surface area contributed by atoms with E-state index >= 15 is 0 Å². The average Bonchev–Trinajstić information content (AvgIpc) is 2.30. The zero-order valence-corrected chi connectivity index (χ0v) is 4.27. The van der Waals surface area contributed by atoms with E-state index in [2.05, 4.69) is 12.7 Å². The molecule has 0 bridgehead atoms. The minimum atomic E-state index is 0.583. The summed E-state index contributed by atoms with van der Waals surface area (Å²) < 4.78 is 4.71. The molecule has 1 saturated heterocycles. The quantitative estimate of drug-likeness (QED) is 0.423. The maximum Gasteiger partial charge on any atom is 0.0781 e. The van der Waals surface area contributed by atoms with Crippen LogP contribution in [0.25, 0.3) is 0 Å². The van der Waals surface area contributed by atoms with Gasteiger partial charge in [-0.05, 0) is 14.0 Å². The van der Waals surface area contributed by atoms with Crippen molar-refractivity contribution in [3.63, 3.8) is 0 Å². The molecule has 0 saturated carbocycles. The first-order valence-corrected chi connectivity index (χ1v) is 2.09. The van der Waals surface area contributed by atoms with Crippen LogP contribution in [0, 0.1) is 0 Å². The van der Waals surface area contributed by atoms with Gasteiger partial charge >= 0.3 is 0 Å². The fraction of sp³-hybridized carbons (Fsp3) is 1.00. The summed E-state index contributed by atoms with van der Waals surface area (Å²) in [5, 5.41) is 0. The number of hydrogen-bond acceptors (Lipinski definition) is 2. The second-order valence-electron chi connectivity index (χ2n) is 1.14. The molecule has 0 aromatic rings. The first kappa shape index (κ1) is 5.92. The minimum Gasteiger partial charge on any atom is -0.373 e. The lowest BCUT2D eigenvalue weighted by Crippen LogP contribution is -1.69. The fourth-order valence-electron chi connectivity index (χ4n) is 0.0962. The molecule has 6 heavy (non-hydrogen) atoms. The van der Waals surface area contributed by atoms with Crippen LogP contribution in [0.1, 0.15) is 6.92 Å². The van der Waals surface area contributed by atoms with Crippen LogP contribution < -0.4 is 5.73 Å². The second kappa shape index (κ2) is 3.12. The molecule has 2 nitrogen and oxygen atoms in total. The largest absolute Gasteiger partial charge is 0.373 e. The van der Waals surface area contributed by atoms with Gasteiger partial charge in [0.15, 0.2) is 0 Å². The molecule has 2 N–H and O–H groups in total. The van der Waals surface area contributed by atoms with Crippen molar-refractivity contribution in [3.8, 4) is 0 Å². The Labute approximate surface area is 38.3 Å². The van der Waals surface area contributed by atoms with Crippen molar-refractivity contribution in [2.75, 3.05) is 13.7 Å². The van der Waals surface area contributed by atoms with Gasteiger partial charge in [0.05, 0.1) is 12.7 Å². The SMILES string of the molecule is CC1CO1.CN. The molecule has 1 aliphatic rings. The highest BCUT2D eigenvalue weighted by Crippen LogP contribution is 2.04. The Balaban J connectivity index is 0.000000112. The predicted molar refractivity (Wildman–Crippen MR) is 25.5 cm³/mol. The molecule has 0 radical (unpaired) electrons. The molecule has 0 aromatic heterocycles. The monoisotopic (exact) mass is 89.1 g/mol. The van der Waals surface area contributed by atoms with E-state index in [1.165, 1.54) is 7.05 Å². The van der Waals surface area contributed by atoms with Crippen LogP contribution in [-0.2, 0) is 4.74 Å². The van der Waals surface area contributed by atoms with Crippen LogP contribution in [0.5, 0.6) is 0 Å². The molecular weight excluding hydrogens is 78.1 g/mol. The van der Waals surface area contributed by atoms with Gasteiger partial charge in [0.1, 0.15) is 0 Å². The van der Waals surface area contributed by atoms with Crippen molar-refractivity contribution in [2.45, 2.75) is 13.0 Å². The molecule has 1 aliphatic heterocycles. The van der Waals surface area contributed by atoms with Crippen molar-refractivity contribution in [1.82, 2.24) is 0 Å². The molecule has 1 heterocycles. The summed E-state index contributed by atoms with van der Waals surface area (Å²) in [5.74, 6) is 0. The summed E-state index contributed by atoms with van der Waals surface area (Å²) in [6.07, 6.45) is 0.583.